The SMILES string of the molecule is O=C(c1ccccc1Oc1ccccc1)N1CCN(Cc2ccncc2)CC1. The molecule has 5 heteroatoms. The molecule has 5 nitrogen and oxygen atoms in total. The van der Waals surface area contributed by atoms with Gasteiger partial charge in [-0.15, -0.1) is 0 Å². The fourth-order valence-electron chi connectivity index (χ4n) is 3.37. The first-order valence-electron chi connectivity index (χ1n) is 9.52. The van der Waals surface area contributed by atoms with Crippen LogP contribution in [0.25, 0.3) is 0 Å². The van der Waals surface area contributed by atoms with Gasteiger partial charge in [-0.3, -0.25) is 14.7 Å². The Bertz CT molecular complexity index is 907. The van der Waals surface area contributed by atoms with Gasteiger partial charge in [0.15, 0.2) is 0 Å². The van der Waals surface area contributed by atoms with Crippen LogP contribution in [0.3, 0.4) is 0 Å². The summed E-state index contributed by atoms with van der Waals surface area (Å²) >= 11 is 0. The smallest absolute Gasteiger partial charge is 0.257 e. The quantitative estimate of drug-likeness (QED) is 0.682. The minimum absolute atomic E-state index is 0.0232. The molecule has 1 aromatic heterocycles. The number of hydrogen-bond donors (Lipinski definition) is 0. The highest BCUT2D eigenvalue weighted by atomic mass is 16.5. The average Bonchev–Trinajstić information content (AvgIpc) is 2.76. The van der Waals surface area contributed by atoms with Gasteiger partial charge in [-0.25, -0.2) is 0 Å². The van der Waals surface area contributed by atoms with Crippen LogP contribution in [0.2, 0.25) is 0 Å². The van der Waals surface area contributed by atoms with E-state index in [2.05, 4.69) is 9.88 Å². The maximum Gasteiger partial charge on any atom is 0.257 e. The molecule has 1 aliphatic rings. The molecule has 0 saturated carbocycles. The Labute approximate surface area is 165 Å². The van der Waals surface area contributed by atoms with Crippen LogP contribution < -0.4 is 4.74 Å². The van der Waals surface area contributed by atoms with Gasteiger partial charge in [0.05, 0.1) is 5.56 Å². The maximum absolute atomic E-state index is 13.1. The lowest BCUT2D eigenvalue weighted by molar-refractivity contribution is 0.0626. The molecule has 1 aliphatic heterocycles. The topological polar surface area (TPSA) is 45.7 Å². The van der Waals surface area contributed by atoms with Crippen LogP contribution in [0.5, 0.6) is 11.5 Å². The molecule has 0 radical (unpaired) electrons. The van der Waals surface area contributed by atoms with Gasteiger partial charge >= 0.3 is 0 Å². The molecule has 1 amide bonds. The van der Waals surface area contributed by atoms with Gasteiger partial charge in [-0.2, -0.15) is 0 Å². The second kappa shape index (κ2) is 8.67. The van der Waals surface area contributed by atoms with E-state index in [1.165, 1.54) is 5.56 Å². The standard InChI is InChI=1S/C23H23N3O2/c27-23(21-8-4-5-9-22(21)28-20-6-2-1-3-7-20)26-16-14-25(15-17-26)18-19-10-12-24-13-11-19/h1-13H,14-18H2. The largest absolute Gasteiger partial charge is 0.457 e. The first kappa shape index (κ1) is 18.2. The summed E-state index contributed by atoms with van der Waals surface area (Å²) in [4.78, 5) is 21.4. The number of carbonyl (C=O) groups excluding carboxylic acids is 1. The van der Waals surface area contributed by atoms with Crippen molar-refractivity contribution in [3.8, 4) is 11.5 Å². The fraction of sp³-hybridized carbons (Fsp3) is 0.217. The summed E-state index contributed by atoms with van der Waals surface area (Å²) in [6, 6.07) is 21.1. The number of amides is 1. The van der Waals surface area contributed by atoms with Gasteiger partial charge in [-0.1, -0.05) is 30.3 Å². The molecule has 28 heavy (non-hydrogen) atoms. The van der Waals surface area contributed by atoms with Gasteiger partial charge in [0.1, 0.15) is 11.5 Å². The van der Waals surface area contributed by atoms with Crippen molar-refractivity contribution in [3.05, 3.63) is 90.3 Å². The minimum Gasteiger partial charge on any atom is -0.457 e. The van der Waals surface area contributed by atoms with E-state index >= 15 is 0 Å². The molecule has 3 aromatic rings. The summed E-state index contributed by atoms with van der Waals surface area (Å²) in [7, 11) is 0. The van der Waals surface area contributed by atoms with Crippen molar-refractivity contribution in [1.82, 2.24) is 14.8 Å². The summed E-state index contributed by atoms with van der Waals surface area (Å²) < 4.78 is 5.96. The molecule has 2 heterocycles. The number of nitrogens with zero attached hydrogens (tertiary/aromatic N) is 3. The number of piperazine rings is 1. The van der Waals surface area contributed by atoms with Crippen LogP contribution >= 0.6 is 0 Å². The first-order valence-corrected chi connectivity index (χ1v) is 9.52. The van der Waals surface area contributed by atoms with Crippen LogP contribution in [0.15, 0.2) is 79.1 Å². The number of carbonyl (C=O) groups is 1. The minimum atomic E-state index is 0.0232. The van der Waals surface area contributed by atoms with Gasteiger partial charge < -0.3 is 9.64 Å². The summed E-state index contributed by atoms with van der Waals surface area (Å²) in [5.41, 5.74) is 1.85. The summed E-state index contributed by atoms with van der Waals surface area (Å²) in [5.74, 6) is 1.35. The zero-order valence-corrected chi connectivity index (χ0v) is 15.7. The number of hydrogen-bond acceptors (Lipinski definition) is 4. The molecule has 0 spiro atoms. The Hall–Kier alpha value is -3.18. The van der Waals surface area contributed by atoms with E-state index in [1.807, 2.05) is 84.0 Å². The molecule has 0 aliphatic carbocycles. The summed E-state index contributed by atoms with van der Waals surface area (Å²) in [6.07, 6.45) is 3.64. The predicted molar refractivity (Wildman–Crippen MR) is 108 cm³/mol. The third kappa shape index (κ3) is 4.38. The van der Waals surface area contributed by atoms with Crippen LogP contribution in [0.1, 0.15) is 15.9 Å². The van der Waals surface area contributed by atoms with Gasteiger partial charge in [0.25, 0.3) is 5.91 Å². The highest BCUT2D eigenvalue weighted by molar-refractivity contribution is 5.97. The lowest BCUT2D eigenvalue weighted by Gasteiger charge is -2.35. The molecule has 1 saturated heterocycles. The number of pyridine rings is 1. The van der Waals surface area contributed by atoms with Crippen molar-refractivity contribution in [3.63, 3.8) is 0 Å². The number of ether oxygens (including phenoxy) is 1. The molecule has 2 aromatic carbocycles. The molecule has 0 bridgehead atoms. The fourth-order valence-corrected chi connectivity index (χ4v) is 3.37. The van der Waals surface area contributed by atoms with E-state index in [9.17, 15) is 4.79 Å². The van der Waals surface area contributed by atoms with Crippen LogP contribution in [-0.2, 0) is 6.54 Å². The van der Waals surface area contributed by atoms with Crippen LogP contribution in [0, 0.1) is 0 Å². The second-order valence-electron chi connectivity index (χ2n) is 6.84. The molecule has 0 N–H and O–H groups in total. The molecular weight excluding hydrogens is 350 g/mol. The van der Waals surface area contributed by atoms with Crippen molar-refractivity contribution in [2.24, 2.45) is 0 Å². The van der Waals surface area contributed by atoms with Crippen LogP contribution in [-0.4, -0.2) is 46.9 Å². The van der Waals surface area contributed by atoms with E-state index < -0.39 is 0 Å². The van der Waals surface area contributed by atoms with Gasteiger partial charge in [-0.05, 0) is 42.0 Å². The second-order valence-corrected chi connectivity index (χ2v) is 6.84. The number of rotatable bonds is 5. The Balaban J connectivity index is 1.40. The van der Waals surface area contributed by atoms with E-state index in [-0.39, 0.29) is 5.91 Å². The molecule has 142 valence electrons. The van der Waals surface area contributed by atoms with Gasteiger partial charge in [0, 0.05) is 45.1 Å². The lowest BCUT2D eigenvalue weighted by Crippen LogP contribution is -2.48. The number of para-hydroxylation sites is 2. The number of benzene rings is 2. The molecule has 0 atom stereocenters. The highest BCUT2D eigenvalue weighted by Gasteiger charge is 2.24. The average molecular weight is 373 g/mol. The van der Waals surface area contributed by atoms with Crippen molar-refractivity contribution in [2.45, 2.75) is 6.54 Å². The summed E-state index contributed by atoms with van der Waals surface area (Å²) in [6.45, 7) is 4.02. The molecule has 0 unspecified atom stereocenters. The van der Waals surface area contributed by atoms with E-state index in [4.69, 9.17) is 4.74 Å². The lowest BCUT2D eigenvalue weighted by atomic mass is 10.1. The Morgan fingerprint density at radius 3 is 2.29 bits per heavy atom. The van der Waals surface area contributed by atoms with Crippen LogP contribution in [0.4, 0.5) is 0 Å². The molecule has 1 fully saturated rings. The highest BCUT2D eigenvalue weighted by Crippen LogP contribution is 2.26. The van der Waals surface area contributed by atoms with E-state index in [0.29, 0.717) is 24.4 Å². The molecule has 4 rings (SSSR count). The Morgan fingerprint density at radius 1 is 0.857 bits per heavy atom. The molecular formula is C23H23N3O2. The maximum atomic E-state index is 13.1. The van der Waals surface area contributed by atoms with Crippen molar-refractivity contribution >= 4 is 5.91 Å². The number of aromatic nitrogens is 1. The third-order valence-electron chi connectivity index (χ3n) is 4.90. The zero-order chi connectivity index (χ0) is 19.2. The van der Waals surface area contributed by atoms with Crippen molar-refractivity contribution in [1.29, 1.82) is 0 Å². The Kier molecular flexibility index (Phi) is 5.64. The van der Waals surface area contributed by atoms with Gasteiger partial charge in [0.2, 0.25) is 0 Å². The van der Waals surface area contributed by atoms with Crippen molar-refractivity contribution in [2.75, 3.05) is 26.2 Å². The van der Waals surface area contributed by atoms with E-state index in [0.717, 1.165) is 25.4 Å². The normalized spacial score (nSPS) is 14.6. The summed E-state index contributed by atoms with van der Waals surface area (Å²) in [5, 5.41) is 0. The first-order chi connectivity index (χ1) is 13.8. The third-order valence-corrected chi connectivity index (χ3v) is 4.90. The van der Waals surface area contributed by atoms with E-state index in [1.54, 1.807) is 0 Å². The zero-order valence-electron chi connectivity index (χ0n) is 15.7. The predicted octanol–water partition coefficient (Wildman–Crippen LogP) is 3.83. The van der Waals surface area contributed by atoms with Crippen molar-refractivity contribution < 1.29 is 9.53 Å². The Morgan fingerprint density at radius 2 is 1.54 bits per heavy atom. The monoisotopic (exact) mass is 373 g/mol.